The molecule has 0 unspecified atom stereocenters. The molecule has 0 radical (unpaired) electrons. The zero-order chi connectivity index (χ0) is 29.2. The van der Waals surface area contributed by atoms with Crippen molar-refractivity contribution in [3.8, 4) is 11.5 Å². The van der Waals surface area contributed by atoms with Gasteiger partial charge < -0.3 is 20.5 Å². The van der Waals surface area contributed by atoms with E-state index in [0.717, 1.165) is 0 Å². The summed E-state index contributed by atoms with van der Waals surface area (Å²) in [6.45, 7) is 0. The average Bonchev–Trinajstić information content (AvgIpc) is 3.01. The van der Waals surface area contributed by atoms with E-state index in [9.17, 15) is 24.3 Å². The van der Waals surface area contributed by atoms with Crippen LogP contribution in [-0.4, -0.2) is 41.9 Å². The summed E-state index contributed by atoms with van der Waals surface area (Å²) in [7, 11) is 1.52. The lowest BCUT2D eigenvalue weighted by Gasteiger charge is -2.20. The Balaban J connectivity index is 1.50. The normalized spacial score (nSPS) is 11.0. The molecule has 4 aromatic carbocycles. The van der Waals surface area contributed by atoms with E-state index in [1.165, 1.54) is 25.3 Å². The average molecular weight is 553 g/mol. The predicted molar refractivity (Wildman–Crippen MR) is 153 cm³/mol. The van der Waals surface area contributed by atoms with Gasteiger partial charge in [0.1, 0.15) is 17.5 Å². The number of rotatable bonds is 9. The molecule has 0 bridgehead atoms. The first-order valence-electron chi connectivity index (χ1n) is 12.6. The number of phenols is 1. The minimum absolute atomic E-state index is 0.0513. The summed E-state index contributed by atoms with van der Waals surface area (Å²) in [5, 5.41) is 15.1. The largest absolute Gasteiger partial charge is 0.508 e. The fourth-order valence-electron chi connectivity index (χ4n) is 3.91. The molecule has 4 rings (SSSR count). The monoisotopic (exact) mass is 552 g/mol. The Morgan fingerprint density at radius 2 is 1.34 bits per heavy atom. The lowest BCUT2D eigenvalue weighted by molar-refractivity contribution is -0.123. The minimum Gasteiger partial charge on any atom is -0.508 e. The van der Waals surface area contributed by atoms with E-state index in [4.69, 9.17) is 4.74 Å². The number of carbonyl (C=O) groups is 4. The van der Waals surface area contributed by atoms with Crippen LogP contribution in [-0.2, 0) is 11.2 Å². The summed E-state index contributed by atoms with van der Waals surface area (Å²) in [5.41, 5.74) is 6.45. The summed E-state index contributed by atoms with van der Waals surface area (Å²) in [6, 6.07) is 26.3. The first-order valence-corrected chi connectivity index (χ1v) is 12.6. The maximum Gasteiger partial charge on any atom is 0.269 e. The van der Waals surface area contributed by atoms with Crippen LogP contribution in [0.5, 0.6) is 11.5 Å². The van der Waals surface area contributed by atoms with Gasteiger partial charge in [-0.25, -0.2) is 0 Å². The molecule has 0 aliphatic carbocycles. The molecule has 10 nitrogen and oxygen atoms in total. The van der Waals surface area contributed by atoms with Crippen LogP contribution in [0, 0.1) is 0 Å². The zero-order valence-corrected chi connectivity index (χ0v) is 22.1. The van der Waals surface area contributed by atoms with Gasteiger partial charge in [-0.2, -0.15) is 0 Å². The number of amides is 4. The smallest absolute Gasteiger partial charge is 0.269 e. The Labute approximate surface area is 236 Å². The van der Waals surface area contributed by atoms with E-state index < -0.39 is 29.7 Å². The number of anilines is 1. The Morgan fingerprint density at radius 3 is 2.02 bits per heavy atom. The molecule has 0 heterocycles. The Kier molecular flexibility index (Phi) is 9.29. The molecule has 10 heteroatoms. The molecule has 5 N–H and O–H groups in total. The Bertz CT molecular complexity index is 1520. The van der Waals surface area contributed by atoms with Gasteiger partial charge in [-0.1, -0.05) is 42.5 Å². The second-order valence-corrected chi connectivity index (χ2v) is 8.93. The van der Waals surface area contributed by atoms with E-state index >= 15 is 0 Å². The van der Waals surface area contributed by atoms with E-state index in [1.807, 2.05) is 0 Å². The minimum atomic E-state index is -1.12. The number of hydrogen-bond acceptors (Lipinski definition) is 6. The van der Waals surface area contributed by atoms with E-state index in [1.54, 1.807) is 84.9 Å². The standard InChI is InChI=1S/C31H28N4O6/c1-41-24-17-13-22(14-18-24)28(37)32-26-10-6-5-9-25(26)30(39)33-27(19-20-11-15-23(36)16-12-20)31(40)35-34-29(38)21-7-3-2-4-8-21/h2-18,27,36H,19H2,1H3,(H,32,37)(H,33,39)(H,34,38)(H,35,40)/t27-/m1/s1. The quantitative estimate of drug-likeness (QED) is 0.201. The molecule has 208 valence electrons. The fraction of sp³-hybridized carbons (Fsp3) is 0.0968. The molecular formula is C31H28N4O6. The molecule has 0 fully saturated rings. The van der Waals surface area contributed by atoms with Gasteiger partial charge in [0.25, 0.3) is 23.6 Å². The van der Waals surface area contributed by atoms with Gasteiger partial charge in [-0.3, -0.25) is 30.0 Å². The first kappa shape index (κ1) is 28.4. The van der Waals surface area contributed by atoms with Crippen molar-refractivity contribution >= 4 is 29.3 Å². The van der Waals surface area contributed by atoms with Crippen molar-refractivity contribution in [3.63, 3.8) is 0 Å². The van der Waals surface area contributed by atoms with Crippen molar-refractivity contribution in [2.45, 2.75) is 12.5 Å². The molecule has 0 saturated carbocycles. The summed E-state index contributed by atoms with van der Waals surface area (Å²) in [4.78, 5) is 51.8. The topological polar surface area (TPSA) is 146 Å². The van der Waals surface area contributed by atoms with Crippen molar-refractivity contribution in [1.82, 2.24) is 16.2 Å². The molecule has 0 spiro atoms. The second-order valence-electron chi connectivity index (χ2n) is 8.93. The van der Waals surface area contributed by atoms with Gasteiger partial charge in [0.05, 0.1) is 18.4 Å². The molecule has 1 atom stereocenters. The van der Waals surface area contributed by atoms with Crippen LogP contribution in [0.25, 0.3) is 0 Å². The molecule has 4 amide bonds. The van der Waals surface area contributed by atoms with Gasteiger partial charge in [0, 0.05) is 17.5 Å². The summed E-state index contributed by atoms with van der Waals surface area (Å²) >= 11 is 0. The highest BCUT2D eigenvalue weighted by Crippen LogP contribution is 2.19. The highest BCUT2D eigenvalue weighted by molar-refractivity contribution is 6.09. The number of nitrogens with one attached hydrogen (secondary N) is 4. The fourth-order valence-corrected chi connectivity index (χ4v) is 3.91. The van der Waals surface area contributed by atoms with Crippen LogP contribution < -0.4 is 26.2 Å². The van der Waals surface area contributed by atoms with Crippen LogP contribution in [0.2, 0.25) is 0 Å². The summed E-state index contributed by atoms with van der Waals surface area (Å²) < 4.78 is 5.12. The van der Waals surface area contributed by atoms with Crippen LogP contribution >= 0.6 is 0 Å². The third-order valence-electron chi connectivity index (χ3n) is 6.11. The second kappa shape index (κ2) is 13.4. The van der Waals surface area contributed by atoms with Gasteiger partial charge in [0.15, 0.2) is 0 Å². The van der Waals surface area contributed by atoms with Gasteiger partial charge in [0.2, 0.25) is 0 Å². The number of para-hydroxylation sites is 1. The number of ether oxygens (including phenoxy) is 1. The highest BCUT2D eigenvalue weighted by Gasteiger charge is 2.24. The molecule has 41 heavy (non-hydrogen) atoms. The maximum atomic E-state index is 13.4. The SMILES string of the molecule is COc1ccc(C(=O)Nc2ccccc2C(=O)N[C@H](Cc2ccc(O)cc2)C(=O)NNC(=O)c2ccccc2)cc1. The van der Waals surface area contributed by atoms with Crippen molar-refractivity contribution in [2.75, 3.05) is 12.4 Å². The van der Waals surface area contributed by atoms with Gasteiger partial charge >= 0.3 is 0 Å². The Hall–Kier alpha value is -5.64. The van der Waals surface area contributed by atoms with Gasteiger partial charge in [-0.15, -0.1) is 0 Å². The summed E-state index contributed by atoms with van der Waals surface area (Å²) in [5.74, 6) is -1.61. The summed E-state index contributed by atoms with van der Waals surface area (Å²) in [6.07, 6.45) is 0.0550. The predicted octanol–water partition coefficient (Wildman–Crippen LogP) is 3.46. The number of benzene rings is 4. The number of hydrazine groups is 1. The zero-order valence-electron chi connectivity index (χ0n) is 22.1. The van der Waals surface area contributed by atoms with Crippen molar-refractivity contribution in [2.24, 2.45) is 0 Å². The van der Waals surface area contributed by atoms with Crippen molar-refractivity contribution in [1.29, 1.82) is 0 Å². The lowest BCUT2D eigenvalue weighted by atomic mass is 10.0. The van der Waals surface area contributed by atoms with E-state index in [-0.39, 0.29) is 23.4 Å². The third kappa shape index (κ3) is 7.70. The Morgan fingerprint density at radius 1 is 0.707 bits per heavy atom. The molecule has 0 saturated heterocycles. The first-order chi connectivity index (χ1) is 19.8. The van der Waals surface area contributed by atoms with Crippen molar-refractivity contribution in [3.05, 3.63) is 125 Å². The van der Waals surface area contributed by atoms with E-state index in [2.05, 4.69) is 21.5 Å². The third-order valence-corrected chi connectivity index (χ3v) is 6.11. The maximum absolute atomic E-state index is 13.4. The highest BCUT2D eigenvalue weighted by atomic mass is 16.5. The van der Waals surface area contributed by atoms with Crippen molar-refractivity contribution < 1.29 is 29.0 Å². The molecular weight excluding hydrogens is 524 g/mol. The van der Waals surface area contributed by atoms with Crippen LogP contribution in [0.4, 0.5) is 5.69 Å². The molecule has 4 aromatic rings. The molecule has 0 aliphatic heterocycles. The molecule has 0 aromatic heterocycles. The van der Waals surface area contributed by atoms with E-state index in [0.29, 0.717) is 22.4 Å². The molecule has 0 aliphatic rings. The van der Waals surface area contributed by atoms with Crippen LogP contribution in [0.15, 0.2) is 103 Å². The number of methoxy groups -OCH3 is 1. The van der Waals surface area contributed by atoms with Crippen LogP contribution in [0.1, 0.15) is 36.6 Å². The van der Waals surface area contributed by atoms with Gasteiger partial charge in [-0.05, 0) is 66.2 Å². The lowest BCUT2D eigenvalue weighted by Crippen LogP contribution is -2.53. The van der Waals surface area contributed by atoms with Crippen LogP contribution in [0.3, 0.4) is 0 Å². The number of carbonyl (C=O) groups excluding carboxylic acids is 4. The number of hydrogen-bond donors (Lipinski definition) is 5. The number of phenolic OH excluding ortho intramolecular Hbond substituents is 1. The number of aromatic hydroxyl groups is 1.